The van der Waals surface area contributed by atoms with Crippen molar-refractivity contribution in [1.29, 1.82) is 0 Å². The lowest BCUT2D eigenvalue weighted by molar-refractivity contribution is -0.121. The quantitative estimate of drug-likeness (QED) is 0.894. The van der Waals surface area contributed by atoms with Crippen LogP contribution in [-0.2, 0) is 11.2 Å². The topological polar surface area (TPSA) is 55.1 Å². The van der Waals surface area contributed by atoms with E-state index in [9.17, 15) is 4.79 Å². The summed E-state index contributed by atoms with van der Waals surface area (Å²) in [5.74, 6) is 0.129. The lowest BCUT2D eigenvalue weighted by Gasteiger charge is -2.26. The third kappa shape index (κ3) is 4.84. The summed E-state index contributed by atoms with van der Waals surface area (Å²) in [6.07, 6.45) is 4.56. The standard InChI is InChI=1S/C15H22N2O.ClH/c1-11-4-2-3-5-12(11)10-15(18)17-14-8-6-13(16)7-9-14;/h2-5,13-14H,6-10,16H2,1H3,(H,17,18);1H. The van der Waals surface area contributed by atoms with Gasteiger partial charge in [-0.25, -0.2) is 0 Å². The molecular weight excluding hydrogens is 260 g/mol. The molecule has 0 spiro atoms. The van der Waals surface area contributed by atoms with Gasteiger partial charge in [-0.1, -0.05) is 24.3 Å². The summed E-state index contributed by atoms with van der Waals surface area (Å²) in [7, 11) is 0. The zero-order chi connectivity index (χ0) is 13.0. The summed E-state index contributed by atoms with van der Waals surface area (Å²) in [4.78, 5) is 12.0. The van der Waals surface area contributed by atoms with E-state index in [4.69, 9.17) is 5.73 Å². The molecule has 106 valence electrons. The highest BCUT2D eigenvalue weighted by Gasteiger charge is 2.20. The first kappa shape index (κ1) is 16.0. The van der Waals surface area contributed by atoms with Crippen molar-refractivity contribution in [3.63, 3.8) is 0 Å². The summed E-state index contributed by atoms with van der Waals surface area (Å²) >= 11 is 0. The fraction of sp³-hybridized carbons (Fsp3) is 0.533. The van der Waals surface area contributed by atoms with Gasteiger partial charge in [0.2, 0.25) is 5.91 Å². The van der Waals surface area contributed by atoms with Gasteiger partial charge < -0.3 is 11.1 Å². The first-order valence-electron chi connectivity index (χ1n) is 6.74. The van der Waals surface area contributed by atoms with Gasteiger partial charge >= 0.3 is 0 Å². The lowest BCUT2D eigenvalue weighted by Crippen LogP contribution is -2.41. The van der Waals surface area contributed by atoms with Crippen LogP contribution < -0.4 is 11.1 Å². The van der Waals surface area contributed by atoms with Gasteiger partial charge in [-0.05, 0) is 43.7 Å². The number of nitrogens with one attached hydrogen (secondary N) is 1. The molecule has 1 saturated carbocycles. The van der Waals surface area contributed by atoms with Crippen molar-refractivity contribution < 1.29 is 4.79 Å². The largest absolute Gasteiger partial charge is 0.353 e. The predicted molar refractivity (Wildman–Crippen MR) is 80.5 cm³/mol. The minimum atomic E-state index is 0. The molecule has 1 fully saturated rings. The van der Waals surface area contributed by atoms with Gasteiger partial charge in [-0.3, -0.25) is 4.79 Å². The third-order valence-electron chi connectivity index (χ3n) is 3.75. The SMILES string of the molecule is Cc1ccccc1CC(=O)NC1CCC(N)CC1.Cl. The minimum absolute atomic E-state index is 0. The van der Waals surface area contributed by atoms with Crippen molar-refractivity contribution in [1.82, 2.24) is 5.32 Å². The van der Waals surface area contributed by atoms with E-state index in [1.165, 1.54) is 5.56 Å². The van der Waals surface area contributed by atoms with Crippen molar-refractivity contribution >= 4 is 18.3 Å². The predicted octanol–water partition coefficient (Wildman–Crippen LogP) is 2.35. The summed E-state index contributed by atoms with van der Waals surface area (Å²) in [6.45, 7) is 2.04. The Morgan fingerprint density at radius 1 is 1.26 bits per heavy atom. The summed E-state index contributed by atoms with van der Waals surface area (Å²) < 4.78 is 0. The van der Waals surface area contributed by atoms with E-state index in [0.717, 1.165) is 31.2 Å². The maximum Gasteiger partial charge on any atom is 0.224 e. The second kappa shape index (κ2) is 7.51. The molecule has 1 aromatic carbocycles. The molecule has 1 aliphatic carbocycles. The van der Waals surface area contributed by atoms with Crippen LogP contribution in [0.4, 0.5) is 0 Å². The molecule has 3 N–H and O–H groups in total. The van der Waals surface area contributed by atoms with E-state index in [1.807, 2.05) is 31.2 Å². The number of amides is 1. The molecule has 0 bridgehead atoms. The Kier molecular flexibility index (Phi) is 6.32. The molecule has 0 aliphatic heterocycles. The molecule has 19 heavy (non-hydrogen) atoms. The van der Waals surface area contributed by atoms with Gasteiger partial charge in [0.25, 0.3) is 0 Å². The molecule has 0 radical (unpaired) electrons. The zero-order valence-corrected chi connectivity index (χ0v) is 12.2. The molecular formula is C15H23ClN2O. The van der Waals surface area contributed by atoms with Gasteiger partial charge in [-0.15, -0.1) is 12.4 Å². The first-order valence-corrected chi connectivity index (χ1v) is 6.74. The van der Waals surface area contributed by atoms with Gasteiger partial charge in [0.05, 0.1) is 6.42 Å². The number of aryl methyl sites for hydroxylation is 1. The zero-order valence-electron chi connectivity index (χ0n) is 11.4. The Bertz CT molecular complexity index is 414. The van der Waals surface area contributed by atoms with Crippen LogP contribution in [0.3, 0.4) is 0 Å². The van der Waals surface area contributed by atoms with Crippen molar-refractivity contribution in [3.05, 3.63) is 35.4 Å². The van der Waals surface area contributed by atoms with Crippen LogP contribution in [0.1, 0.15) is 36.8 Å². The van der Waals surface area contributed by atoms with Gasteiger partial charge in [0, 0.05) is 12.1 Å². The molecule has 1 aromatic rings. The van der Waals surface area contributed by atoms with Crippen molar-refractivity contribution in [3.8, 4) is 0 Å². The van der Waals surface area contributed by atoms with Crippen LogP contribution >= 0.6 is 12.4 Å². The monoisotopic (exact) mass is 282 g/mol. The van der Waals surface area contributed by atoms with Crippen LogP contribution in [-0.4, -0.2) is 18.0 Å². The number of benzene rings is 1. The Balaban J connectivity index is 0.00000180. The van der Waals surface area contributed by atoms with Crippen LogP contribution in [0.5, 0.6) is 0 Å². The molecule has 0 atom stereocenters. The summed E-state index contributed by atoms with van der Waals surface area (Å²) in [6, 6.07) is 8.69. The summed E-state index contributed by atoms with van der Waals surface area (Å²) in [5.41, 5.74) is 8.15. The summed E-state index contributed by atoms with van der Waals surface area (Å²) in [5, 5.41) is 3.12. The molecule has 2 rings (SSSR count). The maximum atomic E-state index is 12.0. The molecule has 0 heterocycles. The van der Waals surface area contributed by atoms with E-state index in [0.29, 0.717) is 18.5 Å². The molecule has 0 aromatic heterocycles. The normalized spacial score (nSPS) is 22.4. The van der Waals surface area contributed by atoms with E-state index < -0.39 is 0 Å². The van der Waals surface area contributed by atoms with E-state index >= 15 is 0 Å². The average molecular weight is 283 g/mol. The Morgan fingerprint density at radius 3 is 2.53 bits per heavy atom. The van der Waals surface area contributed by atoms with Crippen molar-refractivity contribution in [2.45, 2.75) is 51.1 Å². The maximum absolute atomic E-state index is 12.0. The molecule has 1 amide bonds. The van der Waals surface area contributed by atoms with Crippen LogP contribution in [0.25, 0.3) is 0 Å². The highest BCUT2D eigenvalue weighted by Crippen LogP contribution is 2.17. The van der Waals surface area contributed by atoms with E-state index in [-0.39, 0.29) is 18.3 Å². The number of hydrogen-bond acceptors (Lipinski definition) is 2. The van der Waals surface area contributed by atoms with Crippen molar-refractivity contribution in [2.24, 2.45) is 5.73 Å². The number of carbonyl (C=O) groups is 1. The fourth-order valence-electron chi connectivity index (χ4n) is 2.52. The number of nitrogens with two attached hydrogens (primary N) is 1. The smallest absolute Gasteiger partial charge is 0.224 e. The van der Waals surface area contributed by atoms with Crippen molar-refractivity contribution in [2.75, 3.05) is 0 Å². The highest BCUT2D eigenvalue weighted by molar-refractivity contribution is 5.85. The van der Waals surface area contributed by atoms with Gasteiger partial charge in [0.15, 0.2) is 0 Å². The Labute approximate surface area is 121 Å². The third-order valence-corrected chi connectivity index (χ3v) is 3.75. The highest BCUT2D eigenvalue weighted by atomic mass is 35.5. The van der Waals surface area contributed by atoms with Crippen LogP contribution in [0.2, 0.25) is 0 Å². The molecule has 1 aliphatic rings. The number of halogens is 1. The molecule has 0 unspecified atom stereocenters. The second-order valence-corrected chi connectivity index (χ2v) is 5.28. The molecule has 4 heteroatoms. The lowest BCUT2D eigenvalue weighted by atomic mass is 9.91. The van der Waals surface area contributed by atoms with E-state index in [2.05, 4.69) is 5.32 Å². The van der Waals surface area contributed by atoms with E-state index in [1.54, 1.807) is 0 Å². The minimum Gasteiger partial charge on any atom is -0.353 e. The molecule has 0 saturated heterocycles. The number of carbonyl (C=O) groups excluding carboxylic acids is 1. The van der Waals surface area contributed by atoms with Crippen LogP contribution in [0.15, 0.2) is 24.3 Å². The van der Waals surface area contributed by atoms with Gasteiger partial charge in [-0.2, -0.15) is 0 Å². The van der Waals surface area contributed by atoms with Gasteiger partial charge in [0.1, 0.15) is 0 Å². The molecule has 3 nitrogen and oxygen atoms in total. The average Bonchev–Trinajstić information content (AvgIpc) is 2.35. The second-order valence-electron chi connectivity index (χ2n) is 5.28. The Morgan fingerprint density at radius 2 is 1.89 bits per heavy atom. The Hall–Kier alpha value is -1.06. The van der Waals surface area contributed by atoms with Crippen LogP contribution in [0, 0.1) is 6.92 Å². The number of rotatable bonds is 3. The number of hydrogen-bond donors (Lipinski definition) is 2. The first-order chi connectivity index (χ1) is 8.65. The fourth-order valence-corrected chi connectivity index (χ4v) is 2.52.